The number of ether oxygens (including phenoxy) is 2. The van der Waals surface area contributed by atoms with Crippen LogP contribution in [-0.2, 0) is 12.8 Å². The first-order valence-electron chi connectivity index (χ1n) is 6.46. The van der Waals surface area contributed by atoms with E-state index in [2.05, 4.69) is 14.5 Å². The third-order valence-electron chi connectivity index (χ3n) is 2.89. The molecule has 0 aliphatic heterocycles. The molecule has 7 heteroatoms. The lowest BCUT2D eigenvalue weighted by Crippen LogP contribution is -2.08. The van der Waals surface area contributed by atoms with Gasteiger partial charge in [-0.05, 0) is 48.2 Å². The lowest BCUT2D eigenvalue weighted by atomic mass is 10.0. The van der Waals surface area contributed by atoms with Crippen LogP contribution in [0.2, 0.25) is 0 Å². The van der Waals surface area contributed by atoms with Gasteiger partial charge in [0.1, 0.15) is 0 Å². The normalized spacial score (nSPS) is 11.0. The van der Waals surface area contributed by atoms with Crippen LogP contribution in [0.1, 0.15) is 11.1 Å². The number of nitrogens with zero attached hydrogens (tertiary/aromatic N) is 1. The standard InChI is InChI=1S/C15H13F4NO2/c16-14(17)21-12-4-3-11(9-13(12)22-15(18)19)2-1-10-5-7-20-8-6-10/h3-9,14-15H,1-2H2. The molecule has 0 amide bonds. The lowest BCUT2D eigenvalue weighted by Gasteiger charge is -2.13. The van der Waals surface area contributed by atoms with Crippen molar-refractivity contribution in [2.75, 3.05) is 0 Å². The Kier molecular flexibility index (Phi) is 5.57. The Morgan fingerprint density at radius 3 is 2.00 bits per heavy atom. The highest BCUT2D eigenvalue weighted by molar-refractivity contribution is 5.43. The van der Waals surface area contributed by atoms with Gasteiger partial charge in [-0.25, -0.2) is 0 Å². The van der Waals surface area contributed by atoms with Crippen molar-refractivity contribution in [2.24, 2.45) is 0 Å². The van der Waals surface area contributed by atoms with Crippen LogP contribution in [0.25, 0.3) is 0 Å². The van der Waals surface area contributed by atoms with Gasteiger partial charge in [0.15, 0.2) is 11.5 Å². The molecular formula is C15H13F4NO2. The zero-order chi connectivity index (χ0) is 15.9. The van der Waals surface area contributed by atoms with Gasteiger partial charge in [0.2, 0.25) is 0 Å². The summed E-state index contributed by atoms with van der Waals surface area (Å²) in [6, 6.07) is 7.70. The number of benzene rings is 1. The number of aryl methyl sites for hydroxylation is 2. The SMILES string of the molecule is FC(F)Oc1ccc(CCc2ccncc2)cc1OC(F)F. The van der Waals surface area contributed by atoms with Gasteiger partial charge in [0, 0.05) is 12.4 Å². The summed E-state index contributed by atoms with van der Waals surface area (Å²) >= 11 is 0. The summed E-state index contributed by atoms with van der Waals surface area (Å²) in [6.45, 7) is -6.22. The van der Waals surface area contributed by atoms with E-state index in [1.54, 1.807) is 12.4 Å². The monoisotopic (exact) mass is 315 g/mol. The predicted molar refractivity (Wildman–Crippen MR) is 71.4 cm³/mol. The number of hydrogen-bond acceptors (Lipinski definition) is 3. The zero-order valence-electron chi connectivity index (χ0n) is 11.4. The van der Waals surface area contributed by atoms with E-state index in [1.165, 1.54) is 18.2 Å². The van der Waals surface area contributed by atoms with Crippen molar-refractivity contribution in [1.82, 2.24) is 4.98 Å². The number of hydrogen-bond donors (Lipinski definition) is 0. The van der Waals surface area contributed by atoms with Gasteiger partial charge in [-0.15, -0.1) is 0 Å². The van der Waals surface area contributed by atoms with Crippen LogP contribution >= 0.6 is 0 Å². The van der Waals surface area contributed by atoms with E-state index >= 15 is 0 Å². The smallest absolute Gasteiger partial charge is 0.387 e. The number of aromatic nitrogens is 1. The fourth-order valence-corrected chi connectivity index (χ4v) is 1.93. The van der Waals surface area contributed by atoms with Crippen LogP contribution < -0.4 is 9.47 Å². The van der Waals surface area contributed by atoms with Crippen molar-refractivity contribution in [3.63, 3.8) is 0 Å². The second-order valence-electron chi connectivity index (χ2n) is 4.39. The first kappa shape index (κ1) is 16.1. The van der Waals surface area contributed by atoms with Crippen LogP contribution in [0.3, 0.4) is 0 Å². The van der Waals surface area contributed by atoms with Crippen molar-refractivity contribution in [1.29, 1.82) is 0 Å². The third-order valence-corrected chi connectivity index (χ3v) is 2.89. The van der Waals surface area contributed by atoms with Crippen LogP contribution in [0, 0.1) is 0 Å². The Balaban J connectivity index is 2.11. The van der Waals surface area contributed by atoms with E-state index < -0.39 is 24.7 Å². The largest absolute Gasteiger partial charge is 0.431 e. The second-order valence-corrected chi connectivity index (χ2v) is 4.39. The quantitative estimate of drug-likeness (QED) is 0.722. The summed E-state index contributed by atoms with van der Waals surface area (Å²) in [4.78, 5) is 3.90. The minimum atomic E-state index is -3.12. The van der Waals surface area contributed by atoms with Gasteiger partial charge in [-0.2, -0.15) is 17.6 Å². The molecule has 0 radical (unpaired) electrons. The molecule has 0 saturated carbocycles. The molecular weight excluding hydrogens is 302 g/mol. The average molecular weight is 315 g/mol. The van der Waals surface area contributed by atoms with Crippen molar-refractivity contribution < 1.29 is 27.0 Å². The van der Waals surface area contributed by atoms with Crippen molar-refractivity contribution in [3.8, 4) is 11.5 Å². The molecule has 2 aromatic rings. The van der Waals surface area contributed by atoms with Crippen molar-refractivity contribution in [2.45, 2.75) is 26.1 Å². The van der Waals surface area contributed by atoms with E-state index in [0.717, 1.165) is 5.56 Å². The fourth-order valence-electron chi connectivity index (χ4n) is 1.93. The first-order chi connectivity index (χ1) is 10.5. The van der Waals surface area contributed by atoms with E-state index in [4.69, 9.17) is 0 Å². The maximum absolute atomic E-state index is 12.3. The molecule has 0 aliphatic rings. The highest BCUT2D eigenvalue weighted by atomic mass is 19.3. The Morgan fingerprint density at radius 1 is 0.773 bits per heavy atom. The molecule has 1 aromatic carbocycles. The molecule has 3 nitrogen and oxygen atoms in total. The molecule has 0 bridgehead atoms. The summed E-state index contributed by atoms with van der Waals surface area (Å²) in [5.74, 6) is -0.814. The summed E-state index contributed by atoms with van der Waals surface area (Å²) in [5.41, 5.74) is 1.70. The Morgan fingerprint density at radius 2 is 1.36 bits per heavy atom. The highest BCUT2D eigenvalue weighted by Gasteiger charge is 2.15. The Hall–Kier alpha value is -2.31. The third kappa shape index (κ3) is 4.91. The fraction of sp³-hybridized carbons (Fsp3) is 0.267. The molecule has 118 valence electrons. The van der Waals surface area contributed by atoms with Crippen LogP contribution in [0.4, 0.5) is 17.6 Å². The van der Waals surface area contributed by atoms with Gasteiger partial charge < -0.3 is 9.47 Å². The maximum Gasteiger partial charge on any atom is 0.387 e. The Labute approximate surface area is 124 Å². The van der Waals surface area contributed by atoms with Crippen LogP contribution in [0.15, 0.2) is 42.7 Å². The first-order valence-corrected chi connectivity index (χ1v) is 6.46. The van der Waals surface area contributed by atoms with Crippen LogP contribution in [-0.4, -0.2) is 18.2 Å². The molecule has 0 saturated heterocycles. The van der Waals surface area contributed by atoms with Gasteiger partial charge >= 0.3 is 13.2 Å². The second kappa shape index (κ2) is 7.63. The highest BCUT2D eigenvalue weighted by Crippen LogP contribution is 2.31. The minimum absolute atomic E-state index is 0.400. The molecule has 1 heterocycles. The molecule has 0 aliphatic carbocycles. The maximum atomic E-state index is 12.3. The summed E-state index contributed by atoms with van der Waals surface area (Å²) < 4.78 is 57.6. The summed E-state index contributed by atoms with van der Waals surface area (Å²) in [5, 5.41) is 0. The van der Waals surface area contributed by atoms with E-state index in [0.29, 0.717) is 18.4 Å². The van der Waals surface area contributed by atoms with Crippen LogP contribution in [0.5, 0.6) is 11.5 Å². The summed E-state index contributed by atoms with van der Waals surface area (Å²) in [7, 11) is 0. The molecule has 1 aromatic heterocycles. The molecule has 2 rings (SSSR count). The molecule has 0 atom stereocenters. The topological polar surface area (TPSA) is 31.4 Å². The van der Waals surface area contributed by atoms with E-state index in [1.807, 2.05) is 12.1 Å². The van der Waals surface area contributed by atoms with Crippen molar-refractivity contribution in [3.05, 3.63) is 53.9 Å². The van der Waals surface area contributed by atoms with Gasteiger partial charge in [-0.1, -0.05) is 6.07 Å². The predicted octanol–water partition coefficient (Wildman–Crippen LogP) is 4.07. The lowest BCUT2D eigenvalue weighted by molar-refractivity contribution is -0.0692. The molecule has 0 spiro atoms. The van der Waals surface area contributed by atoms with E-state index in [-0.39, 0.29) is 0 Å². The zero-order valence-corrected chi connectivity index (χ0v) is 11.4. The minimum Gasteiger partial charge on any atom is -0.431 e. The number of rotatable bonds is 7. The molecule has 22 heavy (non-hydrogen) atoms. The molecule has 0 fully saturated rings. The number of pyridine rings is 1. The molecule has 0 N–H and O–H groups in total. The number of halogens is 4. The number of alkyl halides is 4. The molecule has 0 unspecified atom stereocenters. The van der Waals surface area contributed by atoms with Gasteiger partial charge in [0.25, 0.3) is 0 Å². The Bertz CT molecular complexity index is 593. The average Bonchev–Trinajstić information content (AvgIpc) is 2.47. The van der Waals surface area contributed by atoms with Crippen molar-refractivity contribution >= 4 is 0 Å². The van der Waals surface area contributed by atoms with E-state index in [9.17, 15) is 17.6 Å². The summed E-state index contributed by atoms with van der Waals surface area (Å²) in [6.07, 6.45) is 4.50. The van der Waals surface area contributed by atoms with Gasteiger partial charge in [0.05, 0.1) is 0 Å². The van der Waals surface area contributed by atoms with Gasteiger partial charge in [-0.3, -0.25) is 4.98 Å².